The normalized spacial score (nSPS) is 15.9. The van der Waals surface area contributed by atoms with Crippen LogP contribution in [0.1, 0.15) is 29.0 Å². The number of fused-ring (bicyclic) bond motifs is 1. The molecular formula is C20H16BrN3O2S. The van der Waals surface area contributed by atoms with E-state index in [0.29, 0.717) is 22.3 Å². The second kappa shape index (κ2) is 7.70. The van der Waals surface area contributed by atoms with Crippen LogP contribution in [0.5, 0.6) is 0 Å². The van der Waals surface area contributed by atoms with Gasteiger partial charge in [0.15, 0.2) is 5.16 Å². The highest BCUT2D eigenvalue weighted by atomic mass is 79.9. The van der Waals surface area contributed by atoms with Crippen LogP contribution < -0.4 is 10.9 Å². The van der Waals surface area contributed by atoms with E-state index in [2.05, 4.69) is 31.2 Å². The molecule has 0 bridgehead atoms. The summed E-state index contributed by atoms with van der Waals surface area (Å²) >= 11 is 4.89. The number of nitrogens with zero attached hydrogens (tertiary/aromatic N) is 1. The van der Waals surface area contributed by atoms with Crippen LogP contribution in [0.2, 0.25) is 0 Å². The Balaban J connectivity index is 1.67. The Morgan fingerprint density at radius 2 is 1.93 bits per heavy atom. The zero-order valence-corrected chi connectivity index (χ0v) is 16.6. The third kappa shape index (κ3) is 3.99. The molecule has 0 saturated carbocycles. The first-order valence-corrected chi connectivity index (χ1v) is 10.2. The molecule has 4 rings (SSSR count). The maximum atomic E-state index is 12.8. The predicted molar refractivity (Wildman–Crippen MR) is 110 cm³/mol. The fraction of sp³-hybridized carbons (Fsp3) is 0.150. The lowest BCUT2D eigenvalue weighted by Crippen LogP contribution is -2.31. The van der Waals surface area contributed by atoms with E-state index in [9.17, 15) is 9.59 Å². The molecule has 2 aromatic carbocycles. The zero-order valence-electron chi connectivity index (χ0n) is 14.2. The van der Waals surface area contributed by atoms with Gasteiger partial charge in [0.2, 0.25) is 5.91 Å². The second-order valence-electron chi connectivity index (χ2n) is 6.27. The van der Waals surface area contributed by atoms with Crippen molar-refractivity contribution in [2.75, 3.05) is 5.32 Å². The van der Waals surface area contributed by atoms with Gasteiger partial charge in [0.05, 0.1) is 5.56 Å². The van der Waals surface area contributed by atoms with Crippen molar-refractivity contribution in [3.05, 3.63) is 86.1 Å². The molecule has 27 heavy (non-hydrogen) atoms. The lowest BCUT2D eigenvalue weighted by atomic mass is 9.87. The van der Waals surface area contributed by atoms with Gasteiger partial charge < -0.3 is 10.3 Å². The molecule has 1 aliphatic heterocycles. The maximum absolute atomic E-state index is 12.8. The lowest BCUT2D eigenvalue weighted by Gasteiger charge is -2.24. The summed E-state index contributed by atoms with van der Waals surface area (Å²) in [5, 5.41) is 3.26. The number of thioether (sulfide) groups is 1. The second-order valence-corrected chi connectivity index (χ2v) is 8.15. The van der Waals surface area contributed by atoms with Crippen LogP contribution in [0.3, 0.4) is 0 Å². The average Bonchev–Trinajstić information content (AvgIpc) is 2.66. The molecule has 3 aromatic rings. The summed E-state index contributed by atoms with van der Waals surface area (Å²) in [7, 11) is 0. The summed E-state index contributed by atoms with van der Waals surface area (Å²) in [4.78, 5) is 32.4. The van der Waals surface area contributed by atoms with Crippen molar-refractivity contribution < 1.29 is 4.79 Å². The molecule has 136 valence electrons. The monoisotopic (exact) mass is 441 g/mol. The van der Waals surface area contributed by atoms with E-state index >= 15 is 0 Å². The topological polar surface area (TPSA) is 74.8 Å². The van der Waals surface area contributed by atoms with Crippen molar-refractivity contribution in [1.82, 2.24) is 9.97 Å². The molecule has 1 unspecified atom stereocenters. The number of benzene rings is 2. The molecule has 0 saturated heterocycles. The molecule has 7 heteroatoms. The Morgan fingerprint density at radius 3 is 2.70 bits per heavy atom. The van der Waals surface area contributed by atoms with Gasteiger partial charge in [0.25, 0.3) is 5.56 Å². The van der Waals surface area contributed by atoms with Crippen molar-refractivity contribution in [3.63, 3.8) is 0 Å². The largest absolute Gasteiger partial charge is 0.310 e. The molecule has 0 radical (unpaired) electrons. The SMILES string of the molecule is O=C1CC(c2cccc(Br)c2)c2c(nc(SCc3ccccc3)[nH]c2=O)N1. The smallest absolute Gasteiger partial charge is 0.257 e. The molecule has 0 spiro atoms. The number of amides is 1. The molecule has 1 amide bonds. The standard InChI is InChI=1S/C20H16BrN3O2S/c21-14-8-4-7-13(9-14)15-10-16(25)22-18-17(15)19(26)24-20(23-18)27-11-12-5-2-1-3-6-12/h1-9,15H,10-11H2,(H2,22,23,24,25,26). The van der Waals surface area contributed by atoms with Gasteiger partial charge in [0.1, 0.15) is 5.82 Å². The summed E-state index contributed by atoms with van der Waals surface area (Å²) in [5.74, 6) is 0.599. The summed E-state index contributed by atoms with van der Waals surface area (Å²) in [6.07, 6.45) is 0.227. The van der Waals surface area contributed by atoms with Crippen molar-refractivity contribution >= 4 is 39.4 Å². The highest BCUT2D eigenvalue weighted by Crippen LogP contribution is 2.35. The number of hydrogen-bond donors (Lipinski definition) is 2. The van der Waals surface area contributed by atoms with Gasteiger partial charge in [0, 0.05) is 22.6 Å². The van der Waals surface area contributed by atoms with Crippen molar-refractivity contribution in [2.24, 2.45) is 0 Å². The number of anilines is 1. The summed E-state index contributed by atoms with van der Waals surface area (Å²) in [6, 6.07) is 17.6. The first-order valence-electron chi connectivity index (χ1n) is 8.46. The van der Waals surface area contributed by atoms with Gasteiger partial charge in [-0.3, -0.25) is 9.59 Å². The van der Waals surface area contributed by atoms with Gasteiger partial charge in [-0.15, -0.1) is 0 Å². The number of carbonyl (C=O) groups is 1. The van der Waals surface area contributed by atoms with Crippen molar-refractivity contribution in [3.8, 4) is 0 Å². The maximum Gasteiger partial charge on any atom is 0.257 e. The van der Waals surface area contributed by atoms with Gasteiger partial charge in [-0.1, -0.05) is 70.2 Å². The number of aromatic nitrogens is 2. The number of aromatic amines is 1. The quantitative estimate of drug-likeness (QED) is 0.467. The first-order chi connectivity index (χ1) is 13.1. The first kappa shape index (κ1) is 18.0. The molecule has 2 heterocycles. The van der Waals surface area contributed by atoms with Crippen LogP contribution in [-0.4, -0.2) is 15.9 Å². The van der Waals surface area contributed by atoms with E-state index < -0.39 is 0 Å². The van der Waals surface area contributed by atoms with E-state index in [1.165, 1.54) is 11.8 Å². The van der Waals surface area contributed by atoms with Crippen molar-refractivity contribution in [1.29, 1.82) is 0 Å². The molecule has 1 aromatic heterocycles. The number of halogens is 1. The molecular weight excluding hydrogens is 426 g/mol. The third-order valence-corrected chi connectivity index (χ3v) is 5.84. The van der Waals surface area contributed by atoms with E-state index in [-0.39, 0.29) is 23.8 Å². The molecule has 1 aliphatic rings. The minimum atomic E-state index is -0.310. The van der Waals surface area contributed by atoms with Crippen LogP contribution >= 0.6 is 27.7 Å². The van der Waals surface area contributed by atoms with E-state index in [1.54, 1.807) is 0 Å². The Hall–Kier alpha value is -2.38. The van der Waals surface area contributed by atoms with Gasteiger partial charge >= 0.3 is 0 Å². The fourth-order valence-corrected chi connectivity index (χ4v) is 4.39. The molecule has 0 fully saturated rings. The van der Waals surface area contributed by atoms with E-state index in [0.717, 1.165) is 15.6 Å². The molecule has 5 nitrogen and oxygen atoms in total. The summed E-state index contributed by atoms with van der Waals surface area (Å²) in [6.45, 7) is 0. The molecule has 2 N–H and O–H groups in total. The Bertz CT molecular complexity index is 1050. The number of H-pyrrole nitrogens is 1. The highest BCUT2D eigenvalue weighted by Gasteiger charge is 2.31. The average molecular weight is 442 g/mol. The van der Waals surface area contributed by atoms with Crippen LogP contribution in [0.4, 0.5) is 5.82 Å². The Kier molecular flexibility index (Phi) is 5.13. The minimum Gasteiger partial charge on any atom is -0.310 e. The molecule has 1 atom stereocenters. The Labute approximate surface area is 168 Å². The predicted octanol–water partition coefficient (Wildman–Crippen LogP) is 4.30. The van der Waals surface area contributed by atoms with Crippen LogP contribution in [0.25, 0.3) is 0 Å². The van der Waals surface area contributed by atoms with Crippen LogP contribution in [0.15, 0.2) is 69.0 Å². The number of hydrogen-bond acceptors (Lipinski definition) is 4. The van der Waals surface area contributed by atoms with Gasteiger partial charge in [-0.05, 0) is 23.3 Å². The third-order valence-electron chi connectivity index (χ3n) is 4.40. The minimum absolute atomic E-state index is 0.135. The van der Waals surface area contributed by atoms with Crippen molar-refractivity contribution in [2.45, 2.75) is 23.2 Å². The number of rotatable bonds is 4. The zero-order chi connectivity index (χ0) is 18.8. The number of carbonyl (C=O) groups excluding carboxylic acids is 1. The Morgan fingerprint density at radius 1 is 1.11 bits per heavy atom. The van der Waals surface area contributed by atoms with Crippen LogP contribution in [-0.2, 0) is 10.5 Å². The molecule has 0 aliphatic carbocycles. The van der Waals surface area contributed by atoms with E-state index in [4.69, 9.17) is 0 Å². The lowest BCUT2D eigenvalue weighted by molar-refractivity contribution is -0.116. The highest BCUT2D eigenvalue weighted by molar-refractivity contribution is 9.10. The summed E-state index contributed by atoms with van der Waals surface area (Å²) in [5.41, 5.74) is 2.36. The van der Waals surface area contributed by atoms with Gasteiger partial charge in [-0.2, -0.15) is 0 Å². The number of nitrogens with one attached hydrogen (secondary N) is 2. The van der Waals surface area contributed by atoms with Gasteiger partial charge in [-0.25, -0.2) is 4.98 Å². The fourth-order valence-electron chi connectivity index (χ4n) is 3.15. The summed E-state index contributed by atoms with van der Waals surface area (Å²) < 4.78 is 0.909. The van der Waals surface area contributed by atoms with Crippen LogP contribution in [0, 0.1) is 0 Å². The van der Waals surface area contributed by atoms with E-state index in [1.807, 2.05) is 54.6 Å².